The Hall–Kier alpha value is -5.70. The number of urea groups is 1. The van der Waals surface area contributed by atoms with E-state index in [0.717, 1.165) is 103 Å². The van der Waals surface area contributed by atoms with Gasteiger partial charge in [0.15, 0.2) is 5.01 Å². The lowest BCUT2D eigenvalue weighted by molar-refractivity contribution is -0.120. The molecule has 282 valence electrons. The van der Waals surface area contributed by atoms with Gasteiger partial charge in [0.05, 0.1) is 64.9 Å². The highest BCUT2D eigenvalue weighted by Gasteiger charge is 2.35. The normalized spacial score (nSPS) is 19.3. The first-order chi connectivity index (χ1) is 26.8. The van der Waals surface area contributed by atoms with Crippen molar-refractivity contribution in [3.8, 4) is 28.0 Å². The van der Waals surface area contributed by atoms with Crippen LogP contribution in [0.5, 0.6) is 0 Å². The summed E-state index contributed by atoms with van der Waals surface area (Å²) in [6.07, 6.45) is 7.66. The smallest absolute Gasteiger partial charge is 0.328 e. The Morgan fingerprint density at radius 1 is 0.964 bits per heavy atom. The van der Waals surface area contributed by atoms with Gasteiger partial charge in [0.1, 0.15) is 11.9 Å². The Morgan fingerprint density at radius 2 is 1.80 bits per heavy atom. The van der Waals surface area contributed by atoms with Crippen LogP contribution in [0.25, 0.3) is 27.5 Å². The summed E-state index contributed by atoms with van der Waals surface area (Å²) in [6.45, 7) is 10.5. The van der Waals surface area contributed by atoms with E-state index in [1.165, 1.54) is 0 Å². The maximum Gasteiger partial charge on any atom is 0.328 e. The minimum atomic E-state index is -0.393. The van der Waals surface area contributed by atoms with Gasteiger partial charge in [0.25, 0.3) is 0 Å². The van der Waals surface area contributed by atoms with Gasteiger partial charge in [-0.05, 0) is 62.1 Å². The van der Waals surface area contributed by atoms with Crippen molar-refractivity contribution < 1.29 is 14.3 Å². The molecule has 0 atom stereocenters. The van der Waals surface area contributed by atoms with E-state index in [0.29, 0.717) is 43.3 Å². The third kappa shape index (κ3) is 7.15. The molecule has 5 aromatic rings. The number of amides is 3. The summed E-state index contributed by atoms with van der Waals surface area (Å²) in [7, 11) is 0. The molecule has 9 heterocycles. The molecule has 4 saturated heterocycles. The summed E-state index contributed by atoms with van der Waals surface area (Å²) in [6, 6.07) is 13.4. The summed E-state index contributed by atoms with van der Waals surface area (Å²) in [4.78, 5) is 42.0. The van der Waals surface area contributed by atoms with Gasteiger partial charge in [-0.1, -0.05) is 11.3 Å². The van der Waals surface area contributed by atoms with Crippen LogP contribution >= 0.6 is 11.3 Å². The van der Waals surface area contributed by atoms with Gasteiger partial charge >= 0.3 is 6.03 Å². The number of anilines is 4. The summed E-state index contributed by atoms with van der Waals surface area (Å²) in [5.41, 5.74) is 5.24. The van der Waals surface area contributed by atoms with E-state index in [2.05, 4.69) is 58.6 Å². The number of hydrogen-bond acceptors (Lipinski definition) is 14. The average molecular weight is 760 g/mol. The van der Waals surface area contributed by atoms with Gasteiger partial charge in [-0.2, -0.15) is 10.4 Å². The minimum absolute atomic E-state index is 0.199. The summed E-state index contributed by atoms with van der Waals surface area (Å²) < 4.78 is 7.35. The average Bonchev–Trinajstić information content (AvgIpc) is 3.86. The van der Waals surface area contributed by atoms with Crippen LogP contribution in [0.15, 0.2) is 55.0 Å². The van der Waals surface area contributed by atoms with Crippen molar-refractivity contribution in [1.82, 2.24) is 40.0 Å². The predicted molar refractivity (Wildman–Crippen MR) is 208 cm³/mol. The van der Waals surface area contributed by atoms with E-state index in [1.54, 1.807) is 33.1 Å². The SMILES string of the molecule is CC1(Nc2cc(-c3ccc4cc(C#N)cnn34)ncc2-c2nnc(N3CCN(CC4CCN(c5ccc(N6CCC(=O)NC6=O)cn5)CC4)CC3)s2)COC1. The molecule has 55 heavy (non-hydrogen) atoms. The zero-order chi connectivity index (χ0) is 37.5. The fourth-order valence-corrected chi connectivity index (χ4v) is 8.67. The number of hydrogen-bond donors (Lipinski definition) is 2. The number of pyridine rings is 2. The van der Waals surface area contributed by atoms with E-state index >= 15 is 0 Å². The number of nitriles is 1. The lowest BCUT2D eigenvalue weighted by Crippen LogP contribution is -2.53. The fraction of sp³-hybridized carbons (Fsp3) is 0.421. The van der Waals surface area contributed by atoms with Crippen LogP contribution in [0, 0.1) is 17.2 Å². The van der Waals surface area contributed by atoms with Gasteiger partial charge < -0.3 is 19.9 Å². The first-order valence-electron chi connectivity index (χ1n) is 18.7. The number of nitrogens with zero attached hydrogens (tertiary/aromatic N) is 11. The number of carbonyl (C=O) groups is 2. The van der Waals surface area contributed by atoms with Crippen molar-refractivity contribution in [2.24, 2.45) is 5.92 Å². The Morgan fingerprint density at radius 3 is 2.53 bits per heavy atom. The van der Waals surface area contributed by atoms with Crippen LogP contribution in [-0.4, -0.2) is 118 Å². The van der Waals surface area contributed by atoms with E-state index < -0.39 is 6.03 Å². The maximum atomic E-state index is 12.2. The number of nitrogens with one attached hydrogen (secondary N) is 2. The predicted octanol–water partition coefficient (Wildman–Crippen LogP) is 3.87. The highest BCUT2D eigenvalue weighted by molar-refractivity contribution is 7.18. The van der Waals surface area contributed by atoms with Crippen molar-refractivity contribution in [3.63, 3.8) is 0 Å². The molecule has 4 aliphatic rings. The largest absolute Gasteiger partial charge is 0.376 e. The Bertz CT molecular complexity index is 2260. The third-order valence-electron chi connectivity index (χ3n) is 10.9. The van der Waals surface area contributed by atoms with Crippen LogP contribution in [-0.2, 0) is 9.53 Å². The summed E-state index contributed by atoms with van der Waals surface area (Å²) in [5.74, 6) is 1.31. The van der Waals surface area contributed by atoms with Gasteiger partial charge in [-0.25, -0.2) is 14.3 Å². The molecule has 4 aliphatic heterocycles. The molecule has 2 N–H and O–H groups in total. The quantitative estimate of drug-likeness (QED) is 0.222. The van der Waals surface area contributed by atoms with Crippen LogP contribution < -0.4 is 25.3 Å². The molecular formula is C38H41N13O3S. The molecule has 0 spiro atoms. The van der Waals surface area contributed by atoms with E-state index in [1.807, 2.05) is 42.6 Å². The number of ether oxygens (including phenoxy) is 1. The van der Waals surface area contributed by atoms with Crippen LogP contribution in [0.1, 0.15) is 31.7 Å². The summed E-state index contributed by atoms with van der Waals surface area (Å²) in [5, 5.41) is 30.9. The molecule has 4 fully saturated rings. The Balaban J connectivity index is 0.808. The van der Waals surface area contributed by atoms with Gasteiger partial charge in [0.2, 0.25) is 11.0 Å². The summed E-state index contributed by atoms with van der Waals surface area (Å²) >= 11 is 1.59. The standard InChI is InChI=1S/C38H41N13O3S/c1-38(23-54-24-38)44-30-17-31(32-4-2-27-16-26(18-39)19-42-51(27)32)40-21-29(30)35-45-46-37(55-35)49-14-12-47(13-15-49)22-25-6-9-48(10-7-25)33-5-3-28(20-41-33)50-11-8-34(52)43-36(50)53/h2-5,16-17,19-21,25H,6-15,22-24H2,1H3,(H,40,44)(H,43,52,53). The van der Waals surface area contributed by atoms with Crippen molar-refractivity contribution in [2.45, 2.75) is 31.7 Å². The zero-order valence-corrected chi connectivity index (χ0v) is 31.3. The van der Waals surface area contributed by atoms with E-state index in [4.69, 9.17) is 9.72 Å². The van der Waals surface area contributed by atoms with Gasteiger partial charge in [-0.15, -0.1) is 10.2 Å². The number of fused-ring (bicyclic) bond motifs is 1. The van der Waals surface area contributed by atoms with E-state index in [-0.39, 0.29) is 11.4 Å². The number of piperidine rings is 1. The van der Waals surface area contributed by atoms with Crippen LogP contribution in [0.4, 0.5) is 27.1 Å². The monoisotopic (exact) mass is 759 g/mol. The Kier molecular flexibility index (Phi) is 9.24. The van der Waals surface area contributed by atoms with Crippen molar-refractivity contribution in [1.29, 1.82) is 5.26 Å². The first-order valence-corrected chi connectivity index (χ1v) is 19.5. The first kappa shape index (κ1) is 35.0. The minimum Gasteiger partial charge on any atom is -0.376 e. The fourth-order valence-electron chi connectivity index (χ4n) is 7.75. The van der Waals surface area contributed by atoms with Gasteiger partial charge in [0, 0.05) is 70.7 Å². The second kappa shape index (κ2) is 14.5. The molecule has 0 bridgehead atoms. The maximum absolute atomic E-state index is 12.2. The molecule has 0 radical (unpaired) electrons. The molecule has 17 heteroatoms. The number of rotatable bonds is 9. The number of aromatic nitrogens is 6. The van der Waals surface area contributed by atoms with Crippen molar-refractivity contribution in [2.75, 3.05) is 85.6 Å². The molecule has 3 amide bonds. The second-order valence-electron chi connectivity index (χ2n) is 14.9. The van der Waals surface area contributed by atoms with E-state index in [9.17, 15) is 14.9 Å². The van der Waals surface area contributed by atoms with Crippen LogP contribution in [0.3, 0.4) is 0 Å². The highest BCUT2D eigenvalue weighted by atomic mass is 32.1. The van der Waals surface area contributed by atoms with Gasteiger partial charge in [-0.3, -0.25) is 24.9 Å². The molecule has 0 aromatic carbocycles. The molecule has 0 saturated carbocycles. The number of imide groups is 1. The molecule has 5 aromatic heterocycles. The van der Waals surface area contributed by atoms with Crippen LogP contribution in [0.2, 0.25) is 0 Å². The molecule has 0 unspecified atom stereocenters. The number of piperazine rings is 1. The second-order valence-corrected chi connectivity index (χ2v) is 15.9. The molecule has 16 nitrogen and oxygen atoms in total. The topological polar surface area (TPSA) is 173 Å². The highest BCUT2D eigenvalue weighted by Crippen LogP contribution is 2.38. The van der Waals surface area contributed by atoms with Crippen molar-refractivity contribution in [3.05, 3.63) is 60.6 Å². The molecule has 0 aliphatic carbocycles. The van der Waals surface area contributed by atoms with Crippen molar-refractivity contribution >= 4 is 51.1 Å². The lowest BCUT2D eigenvalue weighted by atomic mass is 9.96. The molecular weight excluding hydrogens is 719 g/mol. The third-order valence-corrected chi connectivity index (χ3v) is 11.9. The lowest BCUT2D eigenvalue weighted by Gasteiger charge is -2.40. The zero-order valence-electron chi connectivity index (χ0n) is 30.5. The Labute approximate surface area is 321 Å². The number of carbonyl (C=O) groups excluding carboxylic acids is 2. The molecule has 9 rings (SSSR count).